The Labute approximate surface area is 70.5 Å². The van der Waals surface area contributed by atoms with E-state index in [1.54, 1.807) is 19.4 Å². The summed E-state index contributed by atoms with van der Waals surface area (Å²) in [7, 11) is 1.56. The first-order valence-corrected chi connectivity index (χ1v) is 3.46. The van der Waals surface area contributed by atoms with Crippen LogP contribution in [0.25, 0.3) is 0 Å². The third-order valence-electron chi connectivity index (χ3n) is 1.53. The van der Waals surface area contributed by atoms with Crippen molar-refractivity contribution in [3.8, 4) is 5.88 Å². The van der Waals surface area contributed by atoms with Crippen molar-refractivity contribution in [2.45, 2.75) is 6.92 Å². The molecular formula is C8H10N2O2. The van der Waals surface area contributed by atoms with Crippen LogP contribution < -0.4 is 4.74 Å². The maximum atomic E-state index is 8.28. The Balaban J connectivity index is 3.03. The molecule has 0 aliphatic heterocycles. The van der Waals surface area contributed by atoms with Gasteiger partial charge in [0.05, 0.1) is 13.3 Å². The molecule has 1 rings (SSSR count). The summed E-state index contributed by atoms with van der Waals surface area (Å²) >= 11 is 0. The van der Waals surface area contributed by atoms with Gasteiger partial charge in [0, 0.05) is 17.8 Å². The first kappa shape index (κ1) is 8.52. The summed E-state index contributed by atoms with van der Waals surface area (Å²) in [6, 6.07) is 1.77. The maximum absolute atomic E-state index is 8.28. The summed E-state index contributed by atoms with van der Waals surface area (Å²) in [4.78, 5) is 3.95. The number of aryl methyl sites for hydroxylation is 1. The summed E-state index contributed by atoms with van der Waals surface area (Å²) in [6.07, 6.45) is 2.93. The predicted octanol–water partition coefficient (Wildman–Crippen LogP) is 1.21. The van der Waals surface area contributed by atoms with Crippen LogP contribution in [0.15, 0.2) is 17.4 Å². The van der Waals surface area contributed by atoms with E-state index in [0.29, 0.717) is 5.88 Å². The Morgan fingerprint density at radius 2 is 2.42 bits per heavy atom. The molecule has 0 amide bonds. The zero-order valence-corrected chi connectivity index (χ0v) is 6.98. The highest BCUT2D eigenvalue weighted by Crippen LogP contribution is 2.11. The third-order valence-corrected chi connectivity index (χ3v) is 1.53. The lowest BCUT2D eigenvalue weighted by molar-refractivity contribution is 0.322. The number of pyridine rings is 1. The summed E-state index contributed by atoms with van der Waals surface area (Å²) in [6.45, 7) is 1.89. The summed E-state index contributed by atoms with van der Waals surface area (Å²) in [5, 5.41) is 11.2. The van der Waals surface area contributed by atoms with E-state index < -0.39 is 0 Å². The molecule has 0 saturated carbocycles. The maximum Gasteiger partial charge on any atom is 0.213 e. The number of ether oxygens (including phenoxy) is 1. The number of rotatable bonds is 2. The lowest BCUT2D eigenvalue weighted by atomic mass is 10.2. The monoisotopic (exact) mass is 166 g/mol. The largest absolute Gasteiger partial charge is 0.481 e. The lowest BCUT2D eigenvalue weighted by Gasteiger charge is -2.01. The zero-order valence-electron chi connectivity index (χ0n) is 6.98. The third kappa shape index (κ3) is 1.72. The molecule has 0 aromatic carbocycles. The molecule has 0 aliphatic carbocycles. The van der Waals surface area contributed by atoms with Crippen LogP contribution in [0, 0.1) is 6.92 Å². The zero-order chi connectivity index (χ0) is 8.97. The molecule has 1 aromatic heterocycles. The van der Waals surface area contributed by atoms with E-state index in [4.69, 9.17) is 9.94 Å². The minimum Gasteiger partial charge on any atom is -0.481 e. The predicted molar refractivity (Wildman–Crippen MR) is 44.9 cm³/mol. The highest BCUT2D eigenvalue weighted by Gasteiger charge is 1.98. The summed E-state index contributed by atoms with van der Waals surface area (Å²) in [5.41, 5.74) is 1.73. The number of hydrogen-bond acceptors (Lipinski definition) is 4. The van der Waals surface area contributed by atoms with Crippen LogP contribution in [-0.2, 0) is 0 Å². The molecular weight excluding hydrogens is 156 g/mol. The fourth-order valence-corrected chi connectivity index (χ4v) is 0.850. The molecule has 0 fully saturated rings. The first-order chi connectivity index (χ1) is 5.77. The van der Waals surface area contributed by atoms with E-state index in [9.17, 15) is 0 Å². The molecule has 0 aliphatic rings. The molecule has 0 atom stereocenters. The molecule has 4 nitrogen and oxygen atoms in total. The summed E-state index contributed by atoms with van der Waals surface area (Å²) < 4.78 is 4.91. The molecule has 0 radical (unpaired) electrons. The molecule has 12 heavy (non-hydrogen) atoms. The molecule has 1 N–H and O–H groups in total. The highest BCUT2D eigenvalue weighted by atomic mass is 16.5. The van der Waals surface area contributed by atoms with Crippen LogP contribution in [0.3, 0.4) is 0 Å². The van der Waals surface area contributed by atoms with Crippen molar-refractivity contribution in [1.82, 2.24) is 4.98 Å². The number of hydrogen-bond donors (Lipinski definition) is 1. The molecule has 64 valence electrons. The average molecular weight is 166 g/mol. The number of nitrogens with zero attached hydrogens (tertiary/aromatic N) is 2. The Bertz CT molecular complexity index is 297. The second kappa shape index (κ2) is 3.71. The first-order valence-electron chi connectivity index (χ1n) is 3.46. The minimum atomic E-state index is 0.558. The molecule has 0 bridgehead atoms. The van der Waals surface area contributed by atoms with E-state index in [1.807, 2.05) is 6.92 Å². The Kier molecular flexibility index (Phi) is 2.63. The second-order valence-corrected chi connectivity index (χ2v) is 2.33. The van der Waals surface area contributed by atoms with Gasteiger partial charge < -0.3 is 9.94 Å². The SMILES string of the molecule is COc1cc(C)c(/C=N/O)cn1. The van der Waals surface area contributed by atoms with Gasteiger partial charge in [0.15, 0.2) is 0 Å². The smallest absolute Gasteiger partial charge is 0.213 e. The van der Waals surface area contributed by atoms with Crippen LogP contribution >= 0.6 is 0 Å². The quantitative estimate of drug-likeness (QED) is 0.408. The van der Waals surface area contributed by atoms with Gasteiger partial charge in [-0.3, -0.25) is 0 Å². The van der Waals surface area contributed by atoms with Crippen molar-refractivity contribution in [2.24, 2.45) is 5.16 Å². The van der Waals surface area contributed by atoms with E-state index in [1.165, 1.54) is 6.21 Å². The number of aromatic nitrogens is 1. The van der Waals surface area contributed by atoms with Crippen molar-refractivity contribution in [3.05, 3.63) is 23.4 Å². The van der Waals surface area contributed by atoms with Crippen molar-refractivity contribution in [1.29, 1.82) is 0 Å². The van der Waals surface area contributed by atoms with Gasteiger partial charge in [-0.1, -0.05) is 5.16 Å². The van der Waals surface area contributed by atoms with Crippen LogP contribution in [0.1, 0.15) is 11.1 Å². The van der Waals surface area contributed by atoms with Crippen molar-refractivity contribution in [3.63, 3.8) is 0 Å². The fourth-order valence-electron chi connectivity index (χ4n) is 0.850. The summed E-state index contributed by atoms with van der Waals surface area (Å²) in [5.74, 6) is 0.558. The van der Waals surface area contributed by atoms with E-state index in [2.05, 4.69) is 10.1 Å². The van der Waals surface area contributed by atoms with Gasteiger partial charge in [0.25, 0.3) is 0 Å². The Morgan fingerprint density at radius 3 is 2.92 bits per heavy atom. The van der Waals surface area contributed by atoms with Crippen LogP contribution in [0.5, 0.6) is 5.88 Å². The van der Waals surface area contributed by atoms with Gasteiger partial charge in [-0.15, -0.1) is 0 Å². The standard InChI is InChI=1S/C8H10N2O2/c1-6-3-8(12-2)9-4-7(6)5-10-11/h3-5,11H,1-2H3/b10-5+. The molecule has 0 unspecified atom stereocenters. The highest BCUT2D eigenvalue weighted by molar-refractivity contribution is 5.80. The van der Waals surface area contributed by atoms with E-state index in [-0.39, 0.29) is 0 Å². The second-order valence-electron chi connectivity index (χ2n) is 2.33. The molecule has 1 aromatic rings. The Hall–Kier alpha value is -1.58. The minimum absolute atomic E-state index is 0.558. The van der Waals surface area contributed by atoms with Gasteiger partial charge in [-0.25, -0.2) is 4.98 Å². The molecule has 1 heterocycles. The van der Waals surface area contributed by atoms with Crippen molar-refractivity contribution >= 4 is 6.21 Å². The topological polar surface area (TPSA) is 54.7 Å². The molecule has 0 spiro atoms. The van der Waals surface area contributed by atoms with Crippen LogP contribution in [-0.4, -0.2) is 23.5 Å². The van der Waals surface area contributed by atoms with Gasteiger partial charge in [0.2, 0.25) is 5.88 Å². The van der Waals surface area contributed by atoms with Crippen LogP contribution in [0.2, 0.25) is 0 Å². The van der Waals surface area contributed by atoms with Crippen molar-refractivity contribution in [2.75, 3.05) is 7.11 Å². The molecule has 0 saturated heterocycles. The van der Waals surface area contributed by atoms with Gasteiger partial charge >= 0.3 is 0 Å². The van der Waals surface area contributed by atoms with Crippen molar-refractivity contribution < 1.29 is 9.94 Å². The van der Waals surface area contributed by atoms with Crippen LogP contribution in [0.4, 0.5) is 0 Å². The Morgan fingerprint density at radius 1 is 1.67 bits per heavy atom. The average Bonchev–Trinajstić information content (AvgIpc) is 2.09. The fraction of sp³-hybridized carbons (Fsp3) is 0.250. The van der Waals surface area contributed by atoms with Gasteiger partial charge in [-0.2, -0.15) is 0 Å². The number of oxime groups is 1. The van der Waals surface area contributed by atoms with E-state index >= 15 is 0 Å². The lowest BCUT2D eigenvalue weighted by Crippen LogP contribution is -1.92. The molecule has 4 heteroatoms. The number of methoxy groups -OCH3 is 1. The van der Waals surface area contributed by atoms with E-state index in [0.717, 1.165) is 11.1 Å². The van der Waals surface area contributed by atoms with Gasteiger partial charge in [0.1, 0.15) is 0 Å². The normalized spacial score (nSPS) is 10.5. The van der Waals surface area contributed by atoms with Gasteiger partial charge in [-0.05, 0) is 12.5 Å².